The second-order valence-corrected chi connectivity index (χ2v) is 4.16. The number of benzene rings is 1. The molecule has 0 atom stereocenters. The highest BCUT2D eigenvalue weighted by atomic mass is 35.5. The van der Waals surface area contributed by atoms with Gasteiger partial charge in [0.1, 0.15) is 5.75 Å². The Morgan fingerprint density at radius 1 is 1.22 bits per heavy atom. The Kier molecular flexibility index (Phi) is 4.05. The van der Waals surface area contributed by atoms with Crippen molar-refractivity contribution in [3.63, 3.8) is 0 Å². The monoisotopic (exact) mass is 262 g/mol. The number of anilines is 2. The fourth-order valence-electron chi connectivity index (χ4n) is 1.79. The lowest BCUT2D eigenvalue weighted by molar-refractivity contribution is 0.415. The summed E-state index contributed by atoms with van der Waals surface area (Å²) in [7, 11) is 3.67. The van der Waals surface area contributed by atoms with Gasteiger partial charge >= 0.3 is 0 Å². The first-order valence-electron chi connectivity index (χ1n) is 5.63. The maximum atomic E-state index is 5.92. The predicted octanol–water partition coefficient (Wildman–Crippen LogP) is 3.60. The first kappa shape index (κ1) is 12.7. The van der Waals surface area contributed by atoms with Gasteiger partial charge in [0.25, 0.3) is 0 Å². The summed E-state index contributed by atoms with van der Waals surface area (Å²) in [5.74, 6) is 1.29. The van der Waals surface area contributed by atoms with Gasteiger partial charge in [0.05, 0.1) is 13.0 Å². The molecule has 4 heteroatoms. The Hall–Kier alpha value is -1.74. The van der Waals surface area contributed by atoms with E-state index in [1.807, 2.05) is 37.4 Å². The van der Waals surface area contributed by atoms with Gasteiger partial charge in [0, 0.05) is 36.4 Å². The van der Waals surface area contributed by atoms with E-state index in [-0.39, 0.29) is 0 Å². The van der Waals surface area contributed by atoms with Gasteiger partial charge in [-0.2, -0.15) is 0 Å². The van der Waals surface area contributed by atoms with E-state index in [2.05, 4.69) is 9.88 Å². The average Bonchev–Trinajstić information content (AvgIpc) is 2.46. The van der Waals surface area contributed by atoms with Crippen LogP contribution in [0.25, 0.3) is 0 Å². The Bertz CT molecular complexity index is 513. The van der Waals surface area contributed by atoms with Crippen molar-refractivity contribution in [3.05, 3.63) is 48.3 Å². The Morgan fingerprint density at radius 2 is 1.94 bits per heavy atom. The van der Waals surface area contributed by atoms with E-state index < -0.39 is 0 Å². The van der Waals surface area contributed by atoms with Crippen LogP contribution in [-0.2, 0) is 5.88 Å². The van der Waals surface area contributed by atoms with Crippen molar-refractivity contribution in [2.24, 2.45) is 0 Å². The van der Waals surface area contributed by atoms with Gasteiger partial charge in [-0.1, -0.05) is 0 Å². The van der Waals surface area contributed by atoms with E-state index in [9.17, 15) is 0 Å². The fourth-order valence-corrected chi connectivity index (χ4v) is 2.00. The van der Waals surface area contributed by atoms with E-state index >= 15 is 0 Å². The molecule has 94 valence electrons. The van der Waals surface area contributed by atoms with Crippen molar-refractivity contribution < 1.29 is 4.74 Å². The zero-order valence-electron chi connectivity index (χ0n) is 10.4. The summed E-state index contributed by atoms with van der Waals surface area (Å²) < 4.78 is 5.15. The molecule has 18 heavy (non-hydrogen) atoms. The second kappa shape index (κ2) is 5.74. The third-order valence-electron chi connectivity index (χ3n) is 2.84. The van der Waals surface area contributed by atoms with Crippen molar-refractivity contribution >= 4 is 23.0 Å². The van der Waals surface area contributed by atoms with Crippen LogP contribution in [0, 0.1) is 0 Å². The molecule has 0 saturated heterocycles. The van der Waals surface area contributed by atoms with Crippen LogP contribution in [-0.4, -0.2) is 19.1 Å². The van der Waals surface area contributed by atoms with Gasteiger partial charge in [-0.05, 0) is 30.3 Å². The smallest absolute Gasteiger partial charge is 0.119 e. The molecule has 1 aromatic carbocycles. The molecular formula is C14H15ClN2O. The van der Waals surface area contributed by atoms with Crippen LogP contribution in [0.3, 0.4) is 0 Å². The number of hydrogen-bond donors (Lipinski definition) is 0. The van der Waals surface area contributed by atoms with E-state index in [1.54, 1.807) is 19.5 Å². The molecule has 0 saturated carbocycles. The molecule has 0 N–H and O–H groups in total. The molecule has 0 aliphatic rings. The van der Waals surface area contributed by atoms with E-state index in [1.165, 1.54) is 0 Å². The van der Waals surface area contributed by atoms with Crippen LogP contribution in [0.5, 0.6) is 5.75 Å². The zero-order valence-corrected chi connectivity index (χ0v) is 11.2. The first-order valence-corrected chi connectivity index (χ1v) is 6.16. The van der Waals surface area contributed by atoms with E-state index in [0.717, 1.165) is 22.7 Å². The molecule has 0 radical (unpaired) electrons. The zero-order chi connectivity index (χ0) is 13.0. The summed E-state index contributed by atoms with van der Waals surface area (Å²) in [6, 6.07) is 9.86. The minimum atomic E-state index is 0.448. The number of alkyl halides is 1. The molecule has 1 aromatic heterocycles. The minimum absolute atomic E-state index is 0.448. The van der Waals surface area contributed by atoms with Crippen molar-refractivity contribution in [1.29, 1.82) is 0 Å². The fraction of sp³-hybridized carbons (Fsp3) is 0.214. The van der Waals surface area contributed by atoms with Gasteiger partial charge in [0.15, 0.2) is 0 Å². The van der Waals surface area contributed by atoms with Gasteiger partial charge in [-0.25, -0.2) is 0 Å². The third kappa shape index (κ3) is 2.57. The molecule has 0 spiro atoms. The number of ether oxygens (including phenoxy) is 1. The standard InChI is InChI=1S/C14H15ClN2O/c1-17(12-3-5-13(18-2)6-4-12)14-7-8-16-10-11(14)9-15/h3-8,10H,9H2,1-2H3. The summed E-state index contributed by atoms with van der Waals surface area (Å²) in [5.41, 5.74) is 3.15. The molecule has 0 fully saturated rings. The van der Waals surface area contributed by atoms with Crippen molar-refractivity contribution in [2.45, 2.75) is 5.88 Å². The number of nitrogens with zero attached hydrogens (tertiary/aromatic N) is 2. The quantitative estimate of drug-likeness (QED) is 0.788. The number of pyridine rings is 1. The van der Waals surface area contributed by atoms with Crippen LogP contribution in [0.1, 0.15) is 5.56 Å². The largest absolute Gasteiger partial charge is 0.497 e. The highest BCUT2D eigenvalue weighted by Gasteiger charge is 2.08. The molecule has 0 aliphatic heterocycles. The van der Waals surface area contributed by atoms with E-state index in [0.29, 0.717) is 5.88 Å². The second-order valence-electron chi connectivity index (χ2n) is 3.90. The SMILES string of the molecule is COc1ccc(N(C)c2ccncc2CCl)cc1. The van der Waals surface area contributed by atoms with Crippen molar-refractivity contribution in [3.8, 4) is 5.75 Å². The number of hydrogen-bond acceptors (Lipinski definition) is 3. The van der Waals surface area contributed by atoms with Crippen LogP contribution < -0.4 is 9.64 Å². The molecular weight excluding hydrogens is 248 g/mol. The predicted molar refractivity (Wildman–Crippen MR) is 74.9 cm³/mol. The third-order valence-corrected chi connectivity index (χ3v) is 3.13. The van der Waals surface area contributed by atoms with Crippen LogP contribution in [0.4, 0.5) is 11.4 Å². The topological polar surface area (TPSA) is 25.4 Å². The lowest BCUT2D eigenvalue weighted by Crippen LogP contribution is -2.11. The highest BCUT2D eigenvalue weighted by Crippen LogP contribution is 2.28. The molecule has 2 rings (SSSR count). The highest BCUT2D eigenvalue weighted by molar-refractivity contribution is 6.17. The summed E-state index contributed by atoms with van der Waals surface area (Å²) in [5, 5.41) is 0. The molecule has 0 amide bonds. The molecule has 0 bridgehead atoms. The molecule has 0 aliphatic carbocycles. The van der Waals surface area contributed by atoms with Gasteiger partial charge in [-0.15, -0.1) is 11.6 Å². The Balaban J connectivity index is 2.31. The average molecular weight is 263 g/mol. The van der Waals surface area contributed by atoms with Crippen molar-refractivity contribution in [1.82, 2.24) is 4.98 Å². The van der Waals surface area contributed by atoms with Gasteiger partial charge in [0.2, 0.25) is 0 Å². The molecule has 3 nitrogen and oxygen atoms in total. The summed E-state index contributed by atoms with van der Waals surface area (Å²) in [6.07, 6.45) is 3.56. The number of rotatable bonds is 4. The molecule has 1 heterocycles. The number of halogens is 1. The normalized spacial score (nSPS) is 10.2. The summed E-state index contributed by atoms with van der Waals surface area (Å²) in [4.78, 5) is 6.17. The molecule has 0 unspecified atom stereocenters. The van der Waals surface area contributed by atoms with Gasteiger partial charge < -0.3 is 9.64 Å². The summed E-state index contributed by atoms with van der Waals surface area (Å²) in [6.45, 7) is 0. The van der Waals surface area contributed by atoms with Crippen molar-refractivity contribution in [2.75, 3.05) is 19.1 Å². The van der Waals surface area contributed by atoms with Gasteiger partial charge in [-0.3, -0.25) is 4.98 Å². The number of aromatic nitrogens is 1. The first-order chi connectivity index (χ1) is 8.76. The number of methoxy groups -OCH3 is 1. The Morgan fingerprint density at radius 3 is 2.56 bits per heavy atom. The lowest BCUT2D eigenvalue weighted by Gasteiger charge is -2.21. The Labute approximate surface area is 112 Å². The minimum Gasteiger partial charge on any atom is -0.497 e. The lowest BCUT2D eigenvalue weighted by atomic mass is 10.2. The van der Waals surface area contributed by atoms with E-state index in [4.69, 9.17) is 16.3 Å². The summed E-state index contributed by atoms with van der Waals surface area (Å²) >= 11 is 5.92. The van der Waals surface area contributed by atoms with Crippen LogP contribution in [0.2, 0.25) is 0 Å². The maximum Gasteiger partial charge on any atom is 0.119 e. The van der Waals surface area contributed by atoms with Crippen LogP contribution >= 0.6 is 11.6 Å². The maximum absolute atomic E-state index is 5.92. The van der Waals surface area contributed by atoms with Crippen LogP contribution in [0.15, 0.2) is 42.7 Å². The molecule has 2 aromatic rings.